The Morgan fingerprint density at radius 1 is 1.09 bits per heavy atom. The van der Waals surface area contributed by atoms with E-state index in [4.69, 9.17) is 18.9 Å². The third-order valence-corrected chi connectivity index (χ3v) is 4.73. The van der Waals surface area contributed by atoms with Crippen LogP contribution in [0.4, 0.5) is 0 Å². The molecule has 0 bridgehead atoms. The third kappa shape index (κ3) is 7.67. The predicted octanol–water partition coefficient (Wildman–Crippen LogP) is 3.53. The van der Waals surface area contributed by atoms with Crippen LogP contribution in [0.25, 0.3) is 0 Å². The van der Waals surface area contributed by atoms with Crippen molar-refractivity contribution in [3.8, 4) is 23.0 Å². The van der Waals surface area contributed by atoms with Gasteiger partial charge in [0.2, 0.25) is 0 Å². The summed E-state index contributed by atoms with van der Waals surface area (Å²) in [6.07, 6.45) is 1.45. The second-order valence-electron chi connectivity index (χ2n) is 6.98. The number of hydrogen-bond acceptors (Lipinski definition) is 7. The van der Waals surface area contributed by atoms with Crippen LogP contribution >= 0.6 is 15.9 Å². The van der Waals surface area contributed by atoms with Crippen molar-refractivity contribution in [1.82, 2.24) is 10.7 Å². The Morgan fingerprint density at radius 3 is 2.45 bits per heavy atom. The Morgan fingerprint density at radius 2 is 1.82 bits per heavy atom. The van der Waals surface area contributed by atoms with Crippen LogP contribution < -0.4 is 29.7 Å². The van der Waals surface area contributed by atoms with Crippen molar-refractivity contribution in [1.29, 1.82) is 0 Å². The first-order valence-electron chi connectivity index (χ1n) is 10.2. The maximum atomic E-state index is 12.3. The molecular formula is C23H28BrN3O6. The second-order valence-corrected chi connectivity index (χ2v) is 7.83. The molecule has 33 heavy (non-hydrogen) atoms. The first-order valence-corrected chi connectivity index (χ1v) is 11.0. The molecule has 0 radical (unpaired) electrons. The van der Waals surface area contributed by atoms with Crippen molar-refractivity contribution in [2.45, 2.75) is 26.9 Å². The Bertz CT molecular complexity index is 1010. The van der Waals surface area contributed by atoms with Crippen molar-refractivity contribution in [2.24, 2.45) is 5.10 Å². The van der Waals surface area contributed by atoms with Crippen molar-refractivity contribution in [3.05, 3.63) is 45.9 Å². The van der Waals surface area contributed by atoms with E-state index in [9.17, 15) is 9.59 Å². The summed E-state index contributed by atoms with van der Waals surface area (Å²) >= 11 is 3.48. The van der Waals surface area contributed by atoms with Gasteiger partial charge in [0.25, 0.3) is 11.8 Å². The quantitative estimate of drug-likeness (QED) is 0.346. The lowest BCUT2D eigenvalue weighted by atomic mass is 10.2. The number of rotatable bonds is 11. The smallest absolute Gasteiger partial charge is 0.259 e. The number of carbonyl (C=O) groups is 2. The van der Waals surface area contributed by atoms with E-state index in [0.717, 1.165) is 0 Å². The lowest BCUT2D eigenvalue weighted by Crippen LogP contribution is -2.34. The first-order chi connectivity index (χ1) is 15.8. The van der Waals surface area contributed by atoms with E-state index in [1.165, 1.54) is 26.5 Å². The number of nitrogens with zero attached hydrogens (tertiary/aromatic N) is 1. The van der Waals surface area contributed by atoms with Gasteiger partial charge in [0.15, 0.2) is 23.0 Å². The Balaban J connectivity index is 1.96. The highest BCUT2D eigenvalue weighted by molar-refractivity contribution is 9.10. The number of benzene rings is 2. The molecule has 0 aromatic heterocycles. The van der Waals surface area contributed by atoms with E-state index in [-0.39, 0.29) is 12.6 Å². The number of ether oxygens (including phenoxy) is 4. The molecule has 0 unspecified atom stereocenters. The molecule has 0 atom stereocenters. The fourth-order valence-electron chi connectivity index (χ4n) is 2.73. The van der Waals surface area contributed by atoms with Gasteiger partial charge in [0.1, 0.15) is 0 Å². The van der Waals surface area contributed by atoms with Crippen molar-refractivity contribution in [3.63, 3.8) is 0 Å². The normalized spacial score (nSPS) is 10.8. The summed E-state index contributed by atoms with van der Waals surface area (Å²) < 4.78 is 22.5. The zero-order chi connectivity index (χ0) is 24.4. The van der Waals surface area contributed by atoms with E-state index >= 15 is 0 Å². The highest BCUT2D eigenvalue weighted by Gasteiger charge is 2.14. The van der Waals surface area contributed by atoms with Gasteiger partial charge in [-0.15, -0.1) is 0 Å². The number of amides is 2. The molecule has 10 heteroatoms. The summed E-state index contributed by atoms with van der Waals surface area (Å²) in [4.78, 5) is 24.4. The van der Waals surface area contributed by atoms with E-state index in [1.54, 1.807) is 24.3 Å². The minimum absolute atomic E-state index is 0.0199. The van der Waals surface area contributed by atoms with Crippen LogP contribution in [0.5, 0.6) is 23.0 Å². The van der Waals surface area contributed by atoms with Gasteiger partial charge in [-0.2, -0.15) is 5.10 Å². The molecular weight excluding hydrogens is 494 g/mol. The Hall–Kier alpha value is -3.27. The van der Waals surface area contributed by atoms with Crippen LogP contribution in [0, 0.1) is 0 Å². The Kier molecular flexibility index (Phi) is 9.99. The second kappa shape index (κ2) is 12.7. The summed E-state index contributed by atoms with van der Waals surface area (Å²) in [6, 6.07) is 8.29. The minimum atomic E-state index is -0.482. The summed E-state index contributed by atoms with van der Waals surface area (Å²) in [5, 5.41) is 6.48. The summed E-state index contributed by atoms with van der Waals surface area (Å²) in [5.74, 6) is 1.18. The van der Waals surface area contributed by atoms with Gasteiger partial charge < -0.3 is 24.3 Å². The molecule has 0 saturated heterocycles. The fourth-order valence-corrected chi connectivity index (χ4v) is 3.29. The maximum Gasteiger partial charge on any atom is 0.259 e. The zero-order valence-corrected chi connectivity index (χ0v) is 20.8. The summed E-state index contributed by atoms with van der Waals surface area (Å²) in [5.41, 5.74) is 3.41. The molecule has 2 rings (SSSR count). The molecule has 0 saturated carbocycles. The van der Waals surface area contributed by atoms with Gasteiger partial charge in [-0.3, -0.25) is 9.59 Å². The number of methoxy groups -OCH3 is 2. The molecule has 2 N–H and O–H groups in total. The fraction of sp³-hybridized carbons (Fsp3) is 0.348. The average Bonchev–Trinajstić information content (AvgIpc) is 2.79. The largest absolute Gasteiger partial charge is 0.493 e. The van der Waals surface area contributed by atoms with Crippen molar-refractivity contribution >= 4 is 34.0 Å². The highest BCUT2D eigenvalue weighted by Crippen LogP contribution is 2.37. The molecule has 2 aromatic rings. The topological polar surface area (TPSA) is 107 Å². The van der Waals surface area contributed by atoms with Gasteiger partial charge in [0.05, 0.1) is 44.2 Å². The lowest BCUT2D eigenvalue weighted by molar-refractivity contribution is -0.120. The molecule has 0 aliphatic carbocycles. The number of carbonyl (C=O) groups excluding carboxylic acids is 2. The van der Waals surface area contributed by atoms with E-state index in [1.807, 2.05) is 20.8 Å². The van der Waals surface area contributed by atoms with Crippen molar-refractivity contribution in [2.75, 3.05) is 27.4 Å². The van der Waals surface area contributed by atoms with Gasteiger partial charge in [-0.1, -0.05) is 0 Å². The van der Waals surface area contributed by atoms with Crippen molar-refractivity contribution < 1.29 is 28.5 Å². The number of nitrogens with one attached hydrogen (secondary N) is 2. The lowest BCUT2D eigenvalue weighted by Gasteiger charge is -2.16. The predicted molar refractivity (Wildman–Crippen MR) is 129 cm³/mol. The minimum Gasteiger partial charge on any atom is -0.493 e. The number of hydrazone groups is 1. The Labute approximate surface area is 201 Å². The molecule has 0 spiro atoms. The molecule has 2 amide bonds. The average molecular weight is 522 g/mol. The van der Waals surface area contributed by atoms with E-state index < -0.39 is 11.8 Å². The molecule has 0 aliphatic rings. The molecule has 0 aliphatic heterocycles. The summed E-state index contributed by atoms with van der Waals surface area (Å²) in [6.45, 7) is 5.95. The van der Waals surface area contributed by atoms with Gasteiger partial charge in [-0.05, 0) is 72.6 Å². The highest BCUT2D eigenvalue weighted by atomic mass is 79.9. The van der Waals surface area contributed by atoms with Gasteiger partial charge >= 0.3 is 0 Å². The van der Waals surface area contributed by atoms with Crippen LogP contribution in [0.1, 0.15) is 36.7 Å². The monoisotopic (exact) mass is 521 g/mol. The van der Waals surface area contributed by atoms with Crippen LogP contribution in [0.3, 0.4) is 0 Å². The standard InChI is InChI=1S/C23H28BrN3O6/c1-6-32-20-10-15(9-17(24)22(20)33-14(2)3)12-26-27-21(28)13-25-23(29)16-7-8-18(30-4)19(11-16)31-5/h7-12,14H,6,13H2,1-5H3,(H,25,29)(H,27,28)/b26-12-. The summed E-state index contributed by atoms with van der Waals surface area (Å²) in [7, 11) is 2.98. The van der Waals surface area contributed by atoms with Gasteiger partial charge in [-0.25, -0.2) is 5.43 Å². The zero-order valence-electron chi connectivity index (χ0n) is 19.2. The van der Waals surface area contributed by atoms with E-state index in [0.29, 0.717) is 45.2 Å². The van der Waals surface area contributed by atoms with Crippen LogP contribution in [0.2, 0.25) is 0 Å². The van der Waals surface area contributed by atoms with Gasteiger partial charge in [0, 0.05) is 5.56 Å². The SMILES string of the molecule is CCOc1cc(/C=N\NC(=O)CNC(=O)c2ccc(OC)c(OC)c2)cc(Br)c1OC(C)C. The number of hydrogen-bond donors (Lipinski definition) is 2. The molecule has 2 aromatic carbocycles. The number of halogens is 1. The van der Waals surface area contributed by atoms with Crippen LogP contribution in [-0.2, 0) is 4.79 Å². The maximum absolute atomic E-state index is 12.3. The molecule has 178 valence electrons. The molecule has 0 heterocycles. The van der Waals surface area contributed by atoms with Crippen LogP contribution in [0.15, 0.2) is 39.9 Å². The molecule has 0 fully saturated rings. The van der Waals surface area contributed by atoms with Crippen LogP contribution in [-0.4, -0.2) is 51.5 Å². The molecule has 9 nitrogen and oxygen atoms in total. The third-order valence-electron chi connectivity index (χ3n) is 4.14. The first kappa shape index (κ1) is 26.0. The van der Waals surface area contributed by atoms with E-state index in [2.05, 4.69) is 31.8 Å².